The Balaban J connectivity index is 2.33. The SMILES string of the molecule is O=C1OCCCCCCCCCCCCCC1(O)O. The Hall–Kier alpha value is -0.610. The molecule has 2 N–H and O–H groups in total. The van der Waals surface area contributed by atoms with Crippen molar-refractivity contribution < 1.29 is 19.7 Å². The van der Waals surface area contributed by atoms with Crippen LogP contribution in [0.5, 0.6) is 0 Å². The van der Waals surface area contributed by atoms with Crippen LogP contribution in [0.2, 0.25) is 0 Å². The third-order valence-corrected chi connectivity index (χ3v) is 3.73. The van der Waals surface area contributed by atoms with Crippen LogP contribution in [0.1, 0.15) is 77.0 Å². The fraction of sp³-hybridized carbons (Fsp3) is 0.933. The minimum Gasteiger partial charge on any atom is -0.462 e. The summed E-state index contributed by atoms with van der Waals surface area (Å²) >= 11 is 0. The lowest BCUT2D eigenvalue weighted by molar-refractivity contribution is -0.212. The molecule has 0 unspecified atom stereocenters. The molecule has 1 aliphatic rings. The Morgan fingerprint density at radius 3 is 1.68 bits per heavy atom. The standard InChI is InChI=1S/C15H28O4/c16-14-15(17,18)12-10-8-6-4-2-1-3-5-7-9-11-13-19-14/h17-18H,1-13H2. The number of rotatable bonds is 0. The van der Waals surface area contributed by atoms with Gasteiger partial charge in [0, 0.05) is 6.42 Å². The number of hydrogen-bond acceptors (Lipinski definition) is 4. The number of esters is 1. The molecule has 1 rings (SSSR count). The maximum absolute atomic E-state index is 11.5. The maximum atomic E-state index is 11.5. The van der Waals surface area contributed by atoms with E-state index in [-0.39, 0.29) is 6.42 Å². The molecular weight excluding hydrogens is 244 g/mol. The predicted octanol–water partition coefficient (Wildman–Crippen LogP) is 2.91. The van der Waals surface area contributed by atoms with Crippen LogP contribution in [-0.4, -0.2) is 28.6 Å². The predicted molar refractivity (Wildman–Crippen MR) is 73.5 cm³/mol. The van der Waals surface area contributed by atoms with Crippen LogP contribution in [0.4, 0.5) is 0 Å². The molecule has 0 aromatic heterocycles. The summed E-state index contributed by atoms with van der Waals surface area (Å²) < 4.78 is 4.92. The smallest absolute Gasteiger partial charge is 0.366 e. The van der Waals surface area contributed by atoms with E-state index >= 15 is 0 Å². The van der Waals surface area contributed by atoms with Crippen molar-refractivity contribution in [3.05, 3.63) is 0 Å². The Morgan fingerprint density at radius 2 is 1.16 bits per heavy atom. The second-order valence-electron chi connectivity index (χ2n) is 5.59. The molecular formula is C15H28O4. The van der Waals surface area contributed by atoms with Gasteiger partial charge in [0.1, 0.15) is 0 Å². The lowest BCUT2D eigenvalue weighted by Crippen LogP contribution is -2.40. The van der Waals surface area contributed by atoms with E-state index in [2.05, 4.69) is 0 Å². The quantitative estimate of drug-likeness (QED) is 0.525. The van der Waals surface area contributed by atoms with Gasteiger partial charge in [0.05, 0.1) is 6.61 Å². The third kappa shape index (κ3) is 7.53. The molecule has 1 aliphatic heterocycles. The number of ether oxygens (including phenoxy) is 1. The highest BCUT2D eigenvalue weighted by atomic mass is 16.6. The molecule has 4 heteroatoms. The van der Waals surface area contributed by atoms with Crippen molar-refractivity contribution in [3.8, 4) is 0 Å². The first kappa shape index (κ1) is 16.4. The minimum absolute atomic E-state index is 0.0752. The monoisotopic (exact) mass is 272 g/mol. The molecule has 112 valence electrons. The van der Waals surface area contributed by atoms with Crippen molar-refractivity contribution in [2.75, 3.05) is 6.61 Å². The molecule has 0 aromatic carbocycles. The summed E-state index contributed by atoms with van der Waals surface area (Å²) in [4.78, 5) is 11.5. The van der Waals surface area contributed by atoms with Gasteiger partial charge in [0.15, 0.2) is 0 Å². The van der Waals surface area contributed by atoms with E-state index in [0.29, 0.717) is 13.0 Å². The van der Waals surface area contributed by atoms with E-state index in [4.69, 9.17) is 4.74 Å². The molecule has 1 fully saturated rings. The first-order valence-corrected chi connectivity index (χ1v) is 7.75. The van der Waals surface area contributed by atoms with Crippen LogP contribution < -0.4 is 0 Å². The molecule has 0 aromatic rings. The van der Waals surface area contributed by atoms with Gasteiger partial charge in [-0.25, -0.2) is 4.79 Å². The maximum Gasteiger partial charge on any atom is 0.366 e. The first-order valence-electron chi connectivity index (χ1n) is 7.75. The average molecular weight is 272 g/mol. The summed E-state index contributed by atoms with van der Waals surface area (Å²) in [6.07, 6.45) is 12.1. The van der Waals surface area contributed by atoms with Crippen LogP contribution in [0.25, 0.3) is 0 Å². The molecule has 0 atom stereocenters. The zero-order valence-corrected chi connectivity index (χ0v) is 11.9. The van der Waals surface area contributed by atoms with Crippen LogP contribution >= 0.6 is 0 Å². The fourth-order valence-corrected chi connectivity index (χ4v) is 2.45. The van der Waals surface area contributed by atoms with Gasteiger partial charge in [-0.1, -0.05) is 57.8 Å². The van der Waals surface area contributed by atoms with E-state index in [9.17, 15) is 15.0 Å². The van der Waals surface area contributed by atoms with Crippen LogP contribution in [0.15, 0.2) is 0 Å². The minimum atomic E-state index is -2.29. The highest BCUT2D eigenvalue weighted by molar-refractivity contribution is 5.77. The van der Waals surface area contributed by atoms with Gasteiger partial charge in [0.2, 0.25) is 0 Å². The summed E-state index contributed by atoms with van der Waals surface area (Å²) in [6.45, 7) is 0.293. The second-order valence-corrected chi connectivity index (χ2v) is 5.59. The summed E-state index contributed by atoms with van der Waals surface area (Å²) in [5.74, 6) is -3.18. The summed E-state index contributed by atoms with van der Waals surface area (Å²) in [5, 5.41) is 19.3. The third-order valence-electron chi connectivity index (χ3n) is 3.73. The number of cyclic esters (lactones) is 1. The topological polar surface area (TPSA) is 66.8 Å². The number of hydrogen-bond donors (Lipinski definition) is 2. The van der Waals surface area contributed by atoms with Gasteiger partial charge in [0.25, 0.3) is 5.79 Å². The average Bonchev–Trinajstić information content (AvgIpc) is 2.37. The fourth-order valence-electron chi connectivity index (χ4n) is 2.45. The summed E-state index contributed by atoms with van der Waals surface area (Å²) in [7, 11) is 0. The van der Waals surface area contributed by atoms with Gasteiger partial charge in [-0.05, 0) is 12.8 Å². The Labute approximate surface area is 116 Å². The summed E-state index contributed by atoms with van der Waals surface area (Å²) in [5.41, 5.74) is 0. The molecule has 0 aliphatic carbocycles. The molecule has 0 bridgehead atoms. The van der Waals surface area contributed by atoms with Crippen molar-refractivity contribution in [1.29, 1.82) is 0 Å². The van der Waals surface area contributed by atoms with E-state index in [0.717, 1.165) is 25.7 Å². The second kappa shape index (κ2) is 9.32. The number of carbonyl (C=O) groups is 1. The van der Waals surface area contributed by atoms with E-state index in [1.807, 2.05) is 0 Å². The van der Waals surface area contributed by atoms with E-state index < -0.39 is 11.8 Å². The highest BCUT2D eigenvalue weighted by Gasteiger charge is 2.34. The van der Waals surface area contributed by atoms with Crippen LogP contribution in [0, 0.1) is 0 Å². The Kier molecular flexibility index (Phi) is 8.07. The van der Waals surface area contributed by atoms with Gasteiger partial charge < -0.3 is 14.9 Å². The molecule has 1 heterocycles. The molecule has 19 heavy (non-hydrogen) atoms. The van der Waals surface area contributed by atoms with Gasteiger partial charge in [-0.15, -0.1) is 0 Å². The van der Waals surface area contributed by atoms with Crippen molar-refractivity contribution >= 4 is 5.97 Å². The van der Waals surface area contributed by atoms with Gasteiger partial charge in [-0.3, -0.25) is 0 Å². The van der Waals surface area contributed by atoms with Crippen molar-refractivity contribution in [1.82, 2.24) is 0 Å². The largest absolute Gasteiger partial charge is 0.462 e. The van der Waals surface area contributed by atoms with Crippen molar-refractivity contribution in [3.63, 3.8) is 0 Å². The van der Waals surface area contributed by atoms with Gasteiger partial charge >= 0.3 is 5.97 Å². The van der Waals surface area contributed by atoms with E-state index in [1.54, 1.807) is 0 Å². The van der Waals surface area contributed by atoms with Gasteiger partial charge in [-0.2, -0.15) is 0 Å². The zero-order valence-electron chi connectivity index (χ0n) is 11.9. The molecule has 0 saturated carbocycles. The number of aliphatic hydroxyl groups is 2. The van der Waals surface area contributed by atoms with Crippen LogP contribution in [0.3, 0.4) is 0 Å². The normalized spacial score (nSPS) is 24.6. The molecule has 0 amide bonds. The molecule has 0 radical (unpaired) electrons. The summed E-state index contributed by atoms with van der Waals surface area (Å²) in [6, 6.07) is 0. The zero-order chi connectivity index (χ0) is 14.0. The van der Waals surface area contributed by atoms with Crippen LogP contribution in [-0.2, 0) is 9.53 Å². The van der Waals surface area contributed by atoms with Crippen molar-refractivity contribution in [2.24, 2.45) is 0 Å². The molecule has 1 saturated heterocycles. The van der Waals surface area contributed by atoms with Crippen molar-refractivity contribution in [2.45, 2.75) is 82.8 Å². The Bertz CT molecular complexity index is 251. The lowest BCUT2D eigenvalue weighted by Gasteiger charge is -2.19. The molecule has 4 nitrogen and oxygen atoms in total. The molecule has 0 spiro atoms. The van der Waals surface area contributed by atoms with E-state index in [1.165, 1.54) is 38.5 Å². The highest BCUT2D eigenvalue weighted by Crippen LogP contribution is 2.17. The first-order chi connectivity index (χ1) is 9.13. The lowest BCUT2D eigenvalue weighted by atomic mass is 10.0. The number of carbonyl (C=O) groups excluding carboxylic acids is 1. The Morgan fingerprint density at radius 1 is 0.737 bits per heavy atom.